The molecule has 0 radical (unpaired) electrons. The van der Waals surface area contributed by atoms with Gasteiger partial charge in [-0.25, -0.2) is 8.42 Å². The summed E-state index contributed by atoms with van der Waals surface area (Å²) in [5.74, 6) is -0.678. The Morgan fingerprint density at radius 1 is 1.03 bits per heavy atom. The van der Waals surface area contributed by atoms with E-state index in [0.29, 0.717) is 6.07 Å². The highest BCUT2D eigenvalue weighted by Gasteiger charge is 2.34. The third-order valence-electron chi connectivity index (χ3n) is 7.81. The van der Waals surface area contributed by atoms with Gasteiger partial charge in [0.15, 0.2) is 9.84 Å². The molecule has 1 N–H and O–H groups in total. The second-order valence-corrected chi connectivity index (χ2v) is 13.4. The van der Waals surface area contributed by atoms with E-state index >= 15 is 0 Å². The maximum Gasteiger partial charge on any atom is 0.416 e. The van der Waals surface area contributed by atoms with Gasteiger partial charge in [0.1, 0.15) is 0 Å². The van der Waals surface area contributed by atoms with Crippen LogP contribution >= 0.6 is 0 Å². The lowest BCUT2D eigenvalue weighted by atomic mass is 9.84. The highest BCUT2D eigenvalue weighted by atomic mass is 32.2. The van der Waals surface area contributed by atoms with Crippen LogP contribution in [-0.2, 0) is 33.8 Å². The first-order valence-corrected chi connectivity index (χ1v) is 15.1. The summed E-state index contributed by atoms with van der Waals surface area (Å²) in [6, 6.07) is 10.1. The molecule has 1 saturated heterocycles. The number of hydrogen-bond acceptors (Lipinski definition) is 4. The zero-order valence-corrected chi connectivity index (χ0v) is 22.9. The minimum atomic E-state index is -4.63. The summed E-state index contributed by atoms with van der Waals surface area (Å²) in [4.78, 5) is 15.4. The Hall–Kier alpha value is -2.39. The summed E-state index contributed by atoms with van der Waals surface area (Å²) in [5.41, 5.74) is 1.63. The molecule has 1 atom stereocenters. The second kappa shape index (κ2) is 11.4. The maximum atomic E-state index is 13.3. The Balaban J connectivity index is 1.39. The van der Waals surface area contributed by atoms with Crippen molar-refractivity contribution >= 4 is 15.7 Å². The third kappa shape index (κ3) is 6.97. The molecule has 0 aromatic heterocycles. The number of nitrogens with zero attached hydrogens (tertiary/aromatic N) is 1. The zero-order chi connectivity index (χ0) is 27.6. The van der Waals surface area contributed by atoms with Crippen LogP contribution in [-0.4, -0.2) is 38.1 Å². The number of likely N-dealkylation sites (tertiary alicyclic amines) is 1. The first kappa shape index (κ1) is 28.6. The summed E-state index contributed by atoms with van der Waals surface area (Å²) in [6.45, 7) is 6.56. The molecule has 9 heteroatoms. The number of nitrogens with one attached hydrogen (secondary N) is 1. The van der Waals surface area contributed by atoms with Crippen LogP contribution < -0.4 is 5.32 Å². The molecule has 0 saturated carbocycles. The van der Waals surface area contributed by atoms with E-state index in [9.17, 15) is 26.4 Å². The molecule has 1 fully saturated rings. The fraction of sp³-hybridized carbons (Fsp3) is 0.552. The van der Waals surface area contributed by atoms with Crippen molar-refractivity contribution in [2.45, 2.75) is 82.5 Å². The van der Waals surface area contributed by atoms with Crippen molar-refractivity contribution in [2.24, 2.45) is 5.41 Å². The highest BCUT2D eigenvalue weighted by molar-refractivity contribution is 7.91. The number of amides is 1. The Bertz CT molecular complexity index is 1250. The lowest BCUT2D eigenvalue weighted by Gasteiger charge is -2.32. The van der Waals surface area contributed by atoms with Crippen LogP contribution in [0.4, 0.5) is 13.2 Å². The first-order valence-electron chi connectivity index (χ1n) is 13.4. The number of carbonyl (C=O) groups is 1. The second-order valence-electron chi connectivity index (χ2n) is 11.3. The number of halogens is 3. The lowest BCUT2D eigenvalue weighted by Crippen LogP contribution is -2.41. The largest absolute Gasteiger partial charge is 0.416 e. The van der Waals surface area contributed by atoms with E-state index in [0.717, 1.165) is 62.7 Å². The summed E-state index contributed by atoms with van der Waals surface area (Å²) < 4.78 is 64.7. The minimum absolute atomic E-state index is 0.00817. The molecule has 2 aliphatic rings. The van der Waals surface area contributed by atoms with Gasteiger partial charge in [0, 0.05) is 12.0 Å². The van der Waals surface area contributed by atoms with Gasteiger partial charge in [0.2, 0.25) is 5.91 Å². The minimum Gasteiger partial charge on any atom is -0.349 e. The number of piperidine rings is 1. The summed E-state index contributed by atoms with van der Waals surface area (Å²) in [7, 11) is -3.99. The lowest BCUT2D eigenvalue weighted by molar-refractivity contribution is -0.137. The van der Waals surface area contributed by atoms with Crippen molar-refractivity contribution in [3.8, 4) is 0 Å². The van der Waals surface area contributed by atoms with E-state index in [4.69, 9.17) is 0 Å². The predicted octanol–water partition coefficient (Wildman–Crippen LogP) is 6.08. The van der Waals surface area contributed by atoms with Gasteiger partial charge in [-0.1, -0.05) is 44.5 Å². The quantitative estimate of drug-likeness (QED) is 0.433. The van der Waals surface area contributed by atoms with Gasteiger partial charge in [-0.15, -0.1) is 0 Å². The number of alkyl halides is 3. The molecule has 0 spiro atoms. The van der Waals surface area contributed by atoms with E-state index in [1.54, 1.807) is 13.8 Å². The third-order valence-corrected chi connectivity index (χ3v) is 9.53. The van der Waals surface area contributed by atoms with Crippen LogP contribution in [0.5, 0.6) is 0 Å². The van der Waals surface area contributed by atoms with Crippen LogP contribution in [0.3, 0.4) is 0 Å². The number of hydrogen-bond donors (Lipinski definition) is 1. The molecule has 1 aliphatic heterocycles. The molecule has 1 aliphatic carbocycles. The van der Waals surface area contributed by atoms with Crippen molar-refractivity contribution in [3.05, 3.63) is 64.7 Å². The van der Waals surface area contributed by atoms with Crippen molar-refractivity contribution in [3.63, 3.8) is 0 Å². The van der Waals surface area contributed by atoms with Crippen LogP contribution in [0.1, 0.15) is 80.7 Å². The summed E-state index contributed by atoms with van der Waals surface area (Å²) in [6.07, 6.45) is 1.88. The van der Waals surface area contributed by atoms with Gasteiger partial charge in [-0.3, -0.25) is 9.69 Å². The Kier molecular flexibility index (Phi) is 8.57. The van der Waals surface area contributed by atoms with E-state index < -0.39 is 32.7 Å². The van der Waals surface area contributed by atoms with Crippen LogP contribution in [0, 0.1) is 5.41 Å². The van der Waals surface area contributed by atoms with Crippen molar-refractivity contribution in [1.29, 1.82) is 0 Å². The summed E-state index contributed by atoms with van der Waals surface area (Å²) in [5, 5.41) is 3.13. The molecule has 4 rings (SSSR count). The van der Waals surface area contributed by atoms with E-state index in [1.165, 1.54) is 30.4 Å². The standard InChI is InChI=1S/C29H37F3N2O3S/c1-28(2,14-17-38(36,37)24-10-7-9-23(19-24)29(30,31)32)27(35)33-26-11-6-8-22-18-21(12-13-25(22)26)20-34-15-4-3-5-16-34/h7,9-10,12-13,18-19,26H,3-6,8,11,14-17,20H2,1-2H3,(H,33,35). The Morgan fingerprint density at radius 3 is 2.47 bits per heavy atom. The molecule has 1 amide bonds. The SMILES string of the molecule is CC(C)(CCS(=O)(=O)c1cccc(C(F)(F)F)c1)C(=O)NC1CCCc2cc(CN3CCCCC3)ccc21. The van der Waals surface area contributed by atoms with Gasteiger partial charge in [-0.05, 0) is 86.5 Å². The molecule has 1 heterocycles. The van der Waals surface area contributed by atoms with Gasteiger partial charge in [0.25, 0.3) is 0 Å². The number of benzene rings is 2. The van der Waals surface area contributed by atoms with E-state index in [1.807, 2.05) is 0 Å². The molecular weight excluding hydrogens is 513 g/mol. The monoisotopic (exact) mass is 550 g/mol. The highest BCUT2D eigenvalue weighted by Crippen LogP contribution is 2.34. The van der Waals surface area contributed by atoms with E-state index in [-0.39, 0.29) is 23.3 Å². The van der Waals surface area contributed by atoms with Gasteiger partial charge >= 0.3 is 6.18 Å². The van der Waals surface area contributed by atoms with E-state index in [2.05, 4.69) is 28.4 Å². The van der Waals surface area contributed by atoms with Crippen molar-refractivity contribution < 1.29 is 26.4 Å². The number of fused-ring (bicyclic) bond motifs is 1. The molecule has 2 aromatic rings. The normalized spacial score (nSPS) is 19.1. The average molecular weight is 551 g/mol. The molecule has 38 heavy (non-hydrogen) atoms. The fourth-order valence-corrected chi connectivity index (χ4v) is 6.94. The smallest absolute Gasteiger partial charge is 0.349 e. The molecule has 0 bridgehead atoms. The fourth-order valence-electron chi connectivity index (χ4n) is 5.33. The topological polar surface area (TPSA) is 66.5 Å². The van der Waals surface area contributed by atoms with Gasteiger partial charge in [-0.2, -0.15) is 13.2 Å². The first-order chi connectivity index (χ1) is 17.8. The molecule has 5 nitrogen and oxygen atoms in total. The van der Waals surface area contributed by atoms with Crippen LogP contribution in [0.2, 0.25) is 0 Å². The molecular formula is C29H37F3N2O3S. The van der Waals surface area contributed by atoms with Crippen molar-refractivity contribution in [2.75, 3.05) is 18.8 Å². The Morgan fingerprint density at radius 2 is 1.76 bits per heavy atom. The van der Waals surface area contributed by atoms with Gasteiger partial charge in [0.05, 0.1) is 22.3 Å². The zero-order valence-electron chi connectivity index (χ0n) is 22.1. The molecule has 208 valence electrons. The van der Waals surface area contributed by atoms with Crippen LogP contribution in [0.25, 0.3) is 0 Å². The number of carbonyl (C=O) groups excluding carboxylic acids is 1. The maximum absolute atomic E-state index is 13.3. The number of aryl methyl sites for hydroxylation is 1. The number of sulfone groups is 1. The van der Waals surface area contributed by atoms with Crippen LogP contribution in [0.15, 0.2) is 47.4 Å². The Labute approximate surface area is 223 Å². The van der Waals surface area contributed by atoms with Gasteiger partial charge < -0.3 is 5.32 Å². The van der Waals surface area contributed by atoms with Crippen molar-refractivity contribution in [1.82, 2.24) is 10.2 Å². The predicted molar refractivity (Wildman–Crippen MR) is 141 cm³/mol. The average Bonchev–Trinajstić information content (AvgIpc) is 2.88. The summed E-state index contributed by atoms with van der Waals surface area (Å²) >= 11 is 0. The number of rotatable bonds is 8. The molecule has 1 unspecified atom stereocenters. The molecule has 2 aromatic carbocycles.